The van der Waals surface area contributed by atoms with Crippen molar-refractivity contribution < 1.29 is 34.8 Å². The third kappa shape index (κ3) is 3.45. The molecular weight excluding hydrogens is 450 g/mol. The van der Waals surface area contributed by atoms with Crippen LogP contribution in [0.4, 0.5) is 0 Å². The molecule has 0 bridgehead atoms. The molecule has 6 N–H and O–H groups in total. The van der Waals surface area contributed by atoms with Crippen LogP contribution in [0, 0.1) is 29.6 Å². The first kappa shape index (κ1) is 23.2. The Hall–Kier alpha value is -3.57. The number of aliphatic hydroxyl groups is 3. The molecule has 0 saturated heterocycles. The average Bonchev–Trinajstić information content (AvgIpc) is 2.81. The van der Waals surface area contributed by atoms with Gasteiger partial charge in [-0.25, -0.2) is 0 Å². The molecule has 0 heterocycles. The van der Waals surface area contributed by atoms with Crippen LogP contribution in [-0.4, -0.2) is 43.5 Å². The summed E-state index contributed by atoms with van der Waals surface area (Å²) in [7, 11) is 0. The lowest BCUT2D eigenvalue weighted by Crippen LogP contribution is -2.57. The zero-order valence-electron chi connectivity index (χ0n) is 19.1. The van der Waals surface area contributed by atoms with E-state index in [0.29, 0.717) is 17.0 Å². The number of carbonyl (C=O) groups excluding carboxylic acids is 3. The van der Waals surface area contributed by atoms with Crippen molar-refractivity contribution in [3.8, 4) is 17.6 Å². The lowest BCUT2D eigenvalue weighted by molar-refractivity contribution is -0.144. The number of benzene rings is 1. The first-order valence-corrected chi connectivity index (χ1v) is 12.0. The monoisotopic (exact) mass is 477 g/mol. The summed E-state index contributed by atoms with van der Waals surface area (Å²) in [4.78, 5) is 38.3. The summed E-state index contributed by atoms with van der Waals surface area (Å²) in [6.07, 6.45) is 5.69. The number of phenolic OH excluding ortho intramolecular Hbond substituents is 1. The first-order valence-electron chi connectivity index (χ1n) is 12.0. The van der Waals surface area contributed by atoms with Gasteiger partial charge in [0.15, 0.2) is 11.4 Å². The Morgan fingerprint density at radius 2 is 1.77 bits per heavy atom. The summed E-state index contributed by atoms with van der Waals surface area (Å²) < 4.78 is 0. The fourth-order valence-corrected chi connectivity index (χ4v) is 6.16. The molecule has 5 rings (SSSR count). The number of Topliss-reactive ketones (excluding diaryl/α,β-unsaturated/α-hetero) is 2. The molecule has 1 amide bonds. The minimum atomic E-state index is -2.55. The van der Waals surface area contributed by atoms with Crippen molar-refractivity contribution >= 4 is 17.5 Å². The molecule has 8 heteroatoms. The fraction of sp³-hybridized carbons (Fsp3) is 0.444. The van der Waals surface area contributed by atoms with E-state index < -0.39 is 52.0 Å². The van der Waals surface area contributed by atoms with Crippen LogP contribution in [-0.2, 0) is 16.0 Å². The summed E-state index contributed by atoms with van der Waals surface area (Å²) in [5, 5.41) is 43.1. The minimum Gasteiger partial charge on any atom is -0.511 e. The molecule has 1 aromatic rings. The van der Waals surface area contributed by atoms with Crippen LogP contribution < -0.4 is 5.73 Å². The Bertz CT molecular complexity index is 1290. The molecule has 0 radical (unpaired) electrons. The Labute approximate surface area is 202 Å². The number of rotatable bonds is 1. The van der Waals surface area contributed by atoms with Crippen molar-refractivity contribution in [2.45, 2.75) is 57.0 Å². The van der Waals surface area contributed by atoms with Gasteiger partial charge in [-0.05, 0) is 49.3 Å². The smallest absolute Gasteiger partial charge is 0.255 e. The van der Waals surface area contributed by atoms with E-state index in [9.17, 15) is 34.8 Å². The third-order valence-corrected chi connectivity index (χ3v) is 7.96. The van der Waals surface area contributed by atoms with Crippen molar-refractivity contribution in [3.63, 3.8) is 0 Å². The summed E-state index contributed by atoms with van der Waals surface area (Å²) in [6.45, 7) is 0. The van der Waals surface area contributed by atoms with Gasteiger partial charge in [0, 0.05) is 29.4 Å². The Kier molecular flexibility index (Phi) is 5.48. The van der Waals surface area contributed by atoms with Crippen molar-refractivity contribution in [2.24, 2.45) is 23.5 Å². The number of aromatic hydroxyl groups is 1. The lowest BCUT2D eigenvalue weighted by Gasteiger charge is -2.45. The SMILES string of the molecule is NC(=O)C1=C(O)C[C@@H]2C[C@@H]3Cc4c(C#CC5CCCCC5)ccc(O)c4C(=O)C3=C(O)[C@]2(O)C1=O. The molecule has 0 unspecified atom stereocenters. The molecule has 3 atom stereocenters. The normalized spacial score (nSPS) is 28.6. The van der Waals surface area contributed by atoms with E-state index in [0.717, 1.165) is 25.7 Å². The predicted octanol–water partition coefficient (Wildman–Crippen LogP) is 2.51. The van der Waals surface area contributed by atoms with E-state index in [1.54, 1.807) is 6.07 Å². The molecular formula is C27H27NO7. The van der Waals surface area contributed by atoms with Gasteiger partial charge in [0.2, 0.25) is 5.78 Å². The molecule has 8 nitrogen and oxygen atoms in total. The Morgan fingerprint density at radius 1 is 1.06 bits per heavy atom. The van der Waals surface area contributed by atoms with Gasteiger partial charge in [-0.15, -0.1) is 0 Å². The number of ketones is 2. The van der Waals surface area contributed by atoms with Gasteiger partial charge < -0.3 is 26.2 Å². The molecule has 4 aliphatic rings. The van der Waals surface area contributed by atoms with Crippen LogP contribution in [0.15, 0.2) is 34.8 Å². The van der Waals surface area contributed by atoms with E-state index in [2.05, 4.69) is 11.8 Å². The average molecular weight is 478 g/mol. The molecule has 4 aliphatic carbocycles. The third-order valence-electron chi connectivity index (χ3n) is 7.96. The highest BCUT2D eigenvalue weighted by molar-refractivity contribution is 6.24. The molecule has 182 valence electrons. The summed E-state index contributed by atoms with van der Waals surface area (Å²) in [5.41, 5.74) is 2.93. The Morgan fingerprint density at radius 3 is 2.46 bits per heavy atom. The fourth-order valence-electron chi connectivity index (χ4n) is 6.16. The van der Waals surface area contributed by atoms with E-state index >= 15 is 0 Å². The van der Waals surface area contributed by atoms with Gasteiger partial charge in [0.05, 0.1) is 5.56 Å². The van der Waals surface area contributed by atoms with Gasteiger partial charge in [0.1, 0.15) is 22.8 Å². The molecule has 1 aromatic carbocycles. The maximum Gasteiger partial charge on any atom is 0.255 e. The van der Waals surface area contributed by atoms with Crippen molar-refractivity contribution in [1.82, 2.24) is 0 Å². The van der Waals surface area contributed by atoms with Gasteiger partial charge in [-0.3, -0.25) is 14.4 Å². The molecule has 0 aromatic heterocycles. The van der Waals surface area contributed by atoms with E-state index in [4.69, 9.17) is 5.73 Å². The van der Waals surface area contributed by atoms with Gasteiger partial charge >= 0.3 is 0 Å². The summed E-state index contributed by atoms with van der Waals surface area (Å²) in [5.74, 6) is 0.502. The van der Waals surface area contributed by atoms with Crippen molar-refractivity contribution in [3.05, 3.63) is 51.5 Å². The second kappa shape index (κ2) is 8.28. The van der Waals surface area contributed by atoms with Gasteiger partial charge in [-0.2, -0.15) is 0 Å². The van der Waals surface area contributed by atoms with Crippen LogP contribution in [0.2, 0.25) is 0 Å². The number of primary amides is 1. The van der Waals surface area contributed by atoms with Crippen LogP contribution >= 0.6 is 0 Å². The number of amides is 1. The van der Waals surface area contributed by atoms with E-state index in [1.807, 2.05) is 0 Å². The lowest BCUT2D eigenvalue weighted by atomic mass is 9.60. The highest BCUT2D eigenvalue weighted by Gasteiger charge is 2.59. The largest absolute Gasteiger partial charge is 0.511 e. The van der Waals surface area contributed by atoms with E-state index in [-0.39, 0.29) is 36.1 Å². The van der Waals surface area contributed by atoms with Crippen molar-refractivity contribution in [2.75, 3.05) is 0 Å². The Balaban J connectivity index is 1.59. The number of fused-ring (bicyclic) bond motifs is 3. The number of aliphatic hydroxyl groups excluding tert-OH is 2. The maximum absolute atomic E-state index is 13.5. The molecule has 35 heavy (non-hydrogen) atoms. The van der Waals surface area contributed by atoms with Crippen LogP contribution in [0.3, 0.4) is 0 Å². The molecule has 0 aliphatic heterocycles. The first-order chi connectivity index (χ1) is 16.6. The quantitative estimate of drug-likeness (QED) is 0.307. The van der Waals surface area contributed by atoms with Crippen LogP contribution in [0.1, 0.15) is 66.4 Å². The number of hydrogen-bond acceptors (Lipinski definition) is 7. The van der Waals surface area contributed by atoms with Crippen LogP contribution in [0.25, 0.3) is 0 Å². The minimum absolute atomic E-state index is 0.00272. The second-order valence-electron chi connectivity index (χ2n) is 10.0. The van der Waals surface area contributed by atoms with Crippen molar-refractivity contribution in [1.29, 1.82) is 0 Å². The van der Waals surface area contributed by atoms with Crippen LogP contribution in [0.5, 0.6) is 5.75 Å². The molecule has 1 saturated carbocycles. The zero-order valence-corrected chi connectivity index (χ0v) is 19.1. The second-order valence-corrected chi connectivity index (χ2v) is 10.0. The molecule has 1 fully saturated rings. The standard InChI is InChI=1S/C27H27NO7/c28-26(34)22-19(30)12-16-10-15-11-17-14(7-6-13-4-2-1-3-5-13)8-9-18(29)21(17)23(31)20(15)24(32)27(16,35)25(22)33/h8-9,13,15-16,29-30,32,35H,1-5,10-12H2,(H2,28,34)/t15-,16+,27+/m1/s1. The number of phenols is 1. The summed E-state index contributed by atoms with van der Waals surface area (Å²) in [6, 6.07) is 3.07. The van der Waals surface area contributed by atoms with Gasteiger partial charge in [0.25, 0.3) is 5.91 Å². The van der Waals surface area contributed by atoms with Gasteiger partial charge in [-0.1, -0.05) is 31.1 Å². The van der Waals surface area contributed by atoms with E-state index in [1.165, 1.54) is 12.5 Å². The number of nitrogens with two attached hydrogens (primary N) is 1. The molecule has 0 spiro atoms. The maximum atomic E-state index is 13.5. The highest BCUT2D eigenvalue weighted by atomic mass is 16.3. The topological polar surface area (TPSA) is 158 Å². The number of carbonyl (C=O) groups is 3. The number of allylic oxidation sites excluding steroid dienone is 2. The summed E-state index contributed by atoms with van der Waals surface area (Å²) >= 11 is 0. The predicted molar refractivity (Wildman–Crippen MR) is 124 cm³/mol. The zero-order chi connectivity index (χ0) is 25.1. The highest BCUT2D eigenvalue weighted by Crippen LogP contribution is 2.51. The number of hydrogen-bond donors (Lipinski definition) is 5.